The van der Waals surface area contributed by atoms with Crippen LogP contribution in [0.5, 0.6) is 0 Å². The zero-order chi connectivity index (χ0) is 9.42. The molecule has 0 unspecified atom stereocenters. The molecule has 2 heterocycles. The Balaban J connectivity index is 2.77. The lowest BCUT2D eigenvalue weighted by molar-refractivity contribution is 0.0690. The minimum absolute atomic E-state index is 0.0879. The Kier molecular flexibility index (Phi) is 1.55. The summed E-state index contributed by atoms with van der Waals surface area (Å²) in [6, 6.07) is 1.22. The topological polar surface area (TPSA) is 93.3 Å². The number of rotatable bonds is 1. The van der Waals surface area contributed by atoms with Crippen LogP contribution in [0, 0.1) is 0 Å². The Morgan fingerprint density at radius 3 is 3.08 bits per heavy atom. The molecule has 0 saturated carbocycles. The van der Waals surface area contributed by atoms with E-state index in [0.717, 1.165) is 0 Å². The maximum atomic E-state index is 10.5. The van der Waals surface area contributed by atoms with E-state index in [1.54, 1.807) is 0 Å². The van der Waals surface area contributed by atoms with Gasteiger partial charge in [-0.15, -0.1) is 0 Å². The van der Waals surface area contributed by atoms with Crippen molar-refractivity contribution in [1.29, 1.82) is 0 Å². The summed E-state index contributed by atoms with van der Waals surface area (Å²) in [6.07, 6.45) is 0. The molecule has 0 aliphatic rings. The normalized spacial score (nSPS) is 10.5. The largest absolute Gasteiger partial charge is 0.477 e. The summed E-state index contributed by atoms with van der Waals surface area (Å²) in [5.74, 6) is -1.07. The summed E-state index contributed by atoms with van der Waals surface area (Å²) in [6.45, 7) is 0. The monoisotopic (exact) mass is 196 g/mol. The van der Waals surface area contributed by atoms with Gasteiger partial charge in [0.05, 0.1) is 0 Å². The Hall–Kier alpha value is -1.83. The molecule has 0 saturated heterocycles. The molecule has 0 fully saturated rings. The third-order valence-electron chi connectivity index (χ3n) is 1.36. The van der Waals surface area contributed by atoms with Crippen LogP contribution in [0.15, 0.2) is 11.1 Å². The van der Waals surface area contributed by atoms with Crippen LogP contribution in [0.1, 0.15) is 10.5 Å². The summed E-state index contributed by atoms with van der Waals surface area (Å²) in [5, 5.41) is 19.1. The third kappa shape index (κ3) is 1.16. The maximum Gasteiger partial charge on any atom is 0.354 e. The van der Waals surface area contributed by atoms with Crippen LogP contribution >= 0.6 is 12.6 Å². The van der Waals surface area contributed by atoms with Gasteiger partial charge in [-0.05, 0) is 10.4 Å². The molecule has 0 spiro atoms. The molecule has 0 aromatic carbocycles. The van der Waals surface area contributed by atoms with Crippen molar-refractivity contribution in [3.63, 3.8) is 0 Å². The molecule has 0 aliphatic carbocycles. The highest BCUT2D eigenvalue weighted by Gasteiger charge is 2.10. The van der Waals surface area contributed by atoms with Gasteiger partial charge in [-0.2, -0.15) is 4.52 Å². The van der Waals surface area contributed by atoms with Crippen molar-refractivity contribution < 1.29 is 9.90 Å². The summed E-state index contributed by atoms with van der Waals surface area (Å²) in [5.41, 5.74) is -0.160. The highest BCUT2D eigenvalue weighted by atomic mass is 32.1. The molecule has 1 N–H and O–H groups in total. The lowest BCUT2D eigenvalue weighted by Gasteiger charge is -1.95. The standard InChI is InChI=1S/C5H2N5O2S/c11-4(12)2-1-3(13)10-5(6-2)7-8-9-10/h1H,(H,11,12). The van der Waals surface area contributed by atoms with Crippen LogP contribution in [0.2, 0.25) is 0 Å². The molecule has 0 atom stereocenters. The zero-order valence-corrected chi connectivity index (χ0v) is 6.89. The van der Waals surface area contributed by atoms with Crippen molar-refractivity contribution in [1.82, 2.24) is 25.0 Å². The molecule has 1 radical (unpaired) electrons. The summed E-state index contributed by atoms with van der Waals surface area (Å²) in [4.78, 5) is 14.2. The molecule has 65 valence electrons. The van der Waals surface area contributed by atoms with E-state index in [9.17, 15) is 4.79 Å². The van der Waals surface area contributed by atoms with Crippen LogP contribution in [-0.2, 0) is 0 Å². The van der Waals surface area contributed by atoms with E-state index in [0.29, 0.717) is 0 Å². The molecular formula is C5H2N5O2S. The number of carbonyl (C=O) groups is 1. The third-order valence-corrected chi connectivity index (χ3v) is 1.65. The fourth-order valence-electron chi connectivity index (χ4n) is 0.822. The van der Waals surface area contributed by atoms with E-state index in [1.807, 2.05) is 0 Å². The fourth-order valence-corrected chi connectivity index (χ4v) is 1.05. The number of tetrazole rings is 1. The van der Waals surface area contributed by atoms with E-state index in [2.05, 4.69) is 20.5 Å². The molecule has 2 aromatic rings. The van der Waals surface area contributed by atoms with Crippen LogP contribution in [0.25, 0.3) is 5.78 Å². The van der Waals surface area contributed by atoms with Crippen LogP contribution < -0.4 is 0 Å². The maximum absolute atomic E-state index is 10.5. The molecule has 0 bridgehead atoms. The van der Waals surface area contributed by atoms with Crippen LogP contribution in [0.3, 0.4) is 0 Å². The number of nitrogens with zero attached hydrogens (tertiary/aromatic N) is 5. The Labute approximate surface area is 76.8 Å². The second-order valence-electron chi connectivity index (χ2n) is 2.18. The van der Waals surface area contributed by atoms with Crippen molar-refractivity contribution in [3.05, 3.63) is 11.8 Å². The highest BCUT2D eigenvalue weighted by molar-refractivity contribution is 7.80. The molecule has 2 aromatic heterocycles. The number of hydrogen-bond donors (Lipinski definition) is 1. The number of aromatic carboxylic acids is 1. The fraction of sp³-hybridized carbons (Fsp3) is 0. The van der Waals surface area contributed by atoms with E-state index >= 15 is 0 Å². The highest BCUT2D eigenvalue weighted by Crippen LogP contribution is 2.07. The minimum atomic E-state index is -1.16. The number of carboxylic acids is 1. The number of carboxylic acid groups (broad SMARTS) is 1. The van der Waals surface area contributed by atoms with Gasteiger partial charge in [0.25, 0.3) is 5.78 Å². The molecule has 7 nitrogen and oxygen atoms in total. The van der Waals surface area contributed by atoms with Crippen molar-refractivity contribution >= 4 is 24.4 Å². The first-order chi connectivity index (χ1) is 6.18. The second-order valence-corrected chi connectivity index (χ2v) is 2.59. The molecule has 0 amide bonds. The first-order valence-electron chi connectivity index (χ1n) is 3.18. The van der Waals surface area contributed by atoms with E-state index in [4.69, 9.17) is 17.7 Å². The van der Waals surface area contributed by atoms with Gasteiger partial charge in [0.2, 0.25) is 0 Å². The van der Waals surface area contributed by atoms with Gasteiger partial charge in [0, 0.05) is 6.07 Å². The van der Waals surface area contributed by atoms with Crippen LogP contribution in [-0.4, -0.2) is 36.1 Å². The first kappa shape index (κ1) is 7.80. The Bertz CT molecular complexity index is 481. The average molecular weight is 196 g/mol. The van der Waals surface area contributed by atoms with Crippen molar-refractivity contribution in [2.75, 3.05) is 0 Å². The predicted molar refractivity (Wildman–Crippen MR) is 41.4 cm³/mol. The van der Waals surface area contributed by atoms with Gasteiger partial charge in [0.1, 0.15) is 5.03 Å². The second kappa shape index (κ2) is 2.59. The summed E-state index contributed by atoms with van der Waals surface area (Å²) >= 11 is 4.83. The van der Waals surface area contributed by atoms with Crippen molar-refractivity contribution in [2.24, 2.45) is 0 Å². The number of fused-ring (bicyclic) bond motifs is 1. The summed E-state index contributed by atoms with van der Waals surface area (Å²) < 4.78 is 1.18. The van der Waals surface area contributed by atoms with Crippen LogP contribution in [0.4, 0.5) is 0 Å². The lowest BCUT2D eigenvalue weighted by Crippen LogP contribution is -2.04. The molecule has 2 rings (SSSR count). The average Bonchev–Trinajstić information content (AvgIpc) is 2.51. The number of hydrogen-bond acceptors (Lipinski definition) is 5. The predicted octanol–water partition coefficient (Wildman–Crippen LogP) is -0.226. The van der Waals surface area contributed by atoms with Crippen molar-refractivity contribution in [3.8, 4) is 0 Å². The first-order valence-corrected chi connectivity index (χ1v) is 3.59. The van der Waals surface area contributed by atoms with E-state index < -0.39 is 5.97 Å². The van der Waals surface area contributed by atoms with Gasteiger partial charge in [0.15, 0.2) is 5.69 Å². The Morgan fingerprint density at radius 1 is 1.62 bits per heavy atom. The number of aromatic nitrogens is 5. The molecule has 0 aliphatic heterocycles. The van der Waals surface area contributed by atoms with Gasteiger partial charge in [-0.25, -0.2) is 9.78 Å². The smallest absolute Gasteiger partial charge is 0.354 e. The molecule has 13 heavy (non-hydrogen) atoms. The van der Waals surface area contributed by atoms with Gasteiger partial charge in [-0.1, -0.05) is 17.7 Å². The van der Waals surface area contributed by atoms with Gasteiger partial charge < -0.3 is 5.11 Å². The van der Waals surface area contributed by atoms with E-state index in [-0.39, 0.29) is 16.5 Å². The van der Waals surface area contributed by atoms with Gasteiger partial charge in [-0.3, -0.25) is 0 Å². The summed E-state index contributed by atoms with van der Waals surface area (Å²) in [7, 11) is 0. The quantitative estimate of drug-likeness (QED) is 0.633. The zero-order valence-electron chi connectivity index (χ0n) is 6.08. The Morgan fingerprint density at radius 2 is 2.38 bits per heavy atom. The van der Waals surface area contributed by atoms with Gasteiger partial charge >= 0.3 is 5.97 Å². The molecule has 8 heteroatoms. The lowest BCUT2D eigenvalue weighted by atomic mass is 10.4. The SMILES string of the molecule is O=C(O)c1cc([S])n2nnnc2n1. The minimum Gasteiger partial charge on any atom is -0.477 e. The molecular weight excluding hydrogens is 194 g/mol. The van der Waals surface area contributed by atoms with Crippen molar-refractivity contribution in [2.45, 2.75) is 5.03 Å². The van der Waals surface area contributed by atoms with E-state index in [1.165, 1.54) is 10.6 Å².